The first-order valence-corrected chi connectivity index (χ1v) is 6.69. The molecule has 1 heterocycles. The second kappa shape index (κ2) is 8.45. The number of nitrogens with zero attached hydrogens (tertiary/aromatic N) is 1. The van der Waals surface area contributed by atoms with E-state index in [0.717, 1.165) is 25.8 Å². The van der Waals surface area contributed by atoms with Crippen molar-refractivity contribution in [2.24, 2.45) is 0 Å². The molecule has 1 N–H and O–H groups in total. The lowest BCUT2D eigenvalue weighted by atomic mass is 9.97. The van der Waals surface area contributed by atoms with Crippen LogP contribution in [0.3, 0.4) is 0 Å². The Morgan fingerprint density at radius 1 is 1.44 bits per heavy atom. The molecule has 18 heavy (non-hydrogen) atoms. The van der Waals surface area contributed by atoms with Gasteiger partial charge in [-0.3, -0.25) is 4.79 Å². The van der Waals surface area contributed by atoms with Gasteiger partial charge in [0.25, 0.3) is 0 Å². The number of carbonyl (C=O) groups is 1. The van der Waals surface area contributed by atoms with Gasteiger partial charge in [-0.2, -0.15) is 0 Å². The summed E-state index contributed by atoms with van der Waals surface area (Å²) in [4.78, 5) is 13.9. The summed E-state index contributed by atoms with van der Waals surface area (Å²) in [6.07, 6.45) is 3.45. The molecule has 1 rings (SSSR count). The first kappa shape index (κ1) is 15.4. The van der Waals surface area contributed by atoms with Crippen LogP contribution < -0.4 is 0 Å². The molecule has 0 aromatic carbocycles. The maximum absolute atomic E-state index is 12.0. The van der Waals surface area contributed by atoms with Crippen LogP contribution in [-0.4, -0.2) is 61.5 Å². The highest BCUT2D eigenvalue weighted by Crippen LogP contribution is 2.21. The number of ether oxygens (including phenoxy) is 2. The minimum absolute atomic E-state index is 0.0245. The summed E-state index contributed by atoms with van der Waals surface area (Å²) in [7, 11) is 1.61. The third-order valence-electron chi connectivity index (χ3n) is 3.22. The standard InChI is InChI=1S/C13H25NO4/c1-11(15)9-12-5-3-4-6-14(12)13(16)10-18-8-7-17-2/h11-12,15H,3-10H2,1-2H3. The van der Waals surface area contributed by atoms with Crippen molar-refractivity contribution < 1.29 is 19.4 Å². The molecular weight excluding hydrogens is 234 g/mol. The molecule has 0 aromatic rings. The topological polar surface area (TPSA) is 59.0 Å². The van der Waals surface area contributed by atoms with Gasteiger partial charge >= 0.3 is 0 Å². The average Bonchev–Trinajstić information content (AvgIpc) is 2.34. The van der Waals surface area contributed by atoms with Gasteiger partial charge in [-0.1, -0.05) is 0 Å². The lowest BCUT2D eigenvalue weighted by Crippen LogP contribution is -2.46. The Bertz CT molecular complexity index is 245. The molecule has 106 valence electrons. The SMILES string of the molecule is COCCOCC(=O)N1CCCCC1CC(C)O. The Morgan fingerprint density at radius 3 is 2.89 bits per heavy atom. The molecule has 1 aliphatic heterocycles. The number of carbonyl (C=O) groups excluding carboxylic acids is 1. The fourth-order valence-electron chi connectivity index (χ4n) is 2.35. The van der Waals surface area contributed by atoms with Gasteiger partial charge in [0.05, 0.1) is 19.3 Å². The fourth-order valence-corrected chi connectivity index (χ4v) is 2.35. The van der Waals surface area contributed by atoms with Crippen LogP contribution >= 0.6 is 0 Å². The molecule has 1 fully saturated rings. The maximum atomic E-state index is 12.0. The number of methoxy groups -OCH3 is 1. The summed E-state index contributed by atoms with van der Waals surface area (Å²) in [5, 5.41) is 9.46. The van der Waals surface area contributed by atoms with Gasteiger partial charge in [-0.15, -0.1) is 0 Å². The highest BCUT2D eigenvalue weighted by atomic mass is 16.5. The lowest BCUT2D eigenvalue weighted by molar-refractivity contribution is -0.140. The van der Waals surface area contributed by atoms with E-state index in [0.29, 0.717) is 19.6 Å². The summed E-state index contributed by atoms with van der Waals surface area (Å²) in [5.74, 6) is 0.0245. The second-order valence-electron chi connectivity index (χ2n) is 4.87. The molecule has 5 nitrogen and oxygen atoms in total. The molecule has 2 unspecified atom stereocenters. The van der Waals surface area contributed by atoms with Crippen LogP contribution in [-0.2, 0) is 14.3 Å². The quantitative estimate of drug-likeness (QED) is 0.687. The lowest BCUT2D eigenvalue weighted by Gasteiger charge is -2.36. The number of aliphatic hydroxyl groups excluding tert-OH is 1. The predicted molar refractivity (Wildman–Crippen MR) is 68.3 cm³/mol. The van der Waals surface area contributed by atoms with E-state index >= 15 is 0 Å². The summed E-state index contributed by atoms with van der Waals surface area (Å²) >= 11 is 0. The molecule has 0 aliphatic carbocycles. The molecule has 0 aromatic heterocycles. The zero-order valence-corrected chi connectivity index (χ0v) is 11.4. The van der Waals surface area contributed by atoms with Crippen LogP contribution in [0.4, 0.5) is 0 Å². The van der Waals surface area contributed by atoms with Gasteiger partial charge in [-0.05, 0) is 32.6 Å². The summed E-state index contributed by atoms with van der Waals surface area (Å²) in [6, 6.07) is 0.164. The molecule has 1 aliphatic rings. The number of aliphatic hydroxyl groups is 1. The van der Waals surface area contributed by atoms with Crippen molar-refractivity contribution in [3.63, 3.8) is 0 Å². The fraction of sp³-hybridized carbons (Fsp3) is 0.923. The first-order chi connectivity index (χ1) is 8.65. The smallest absolute Gasteiger partial charge is 0.248 e. The van der Waals surface area contributed by atoms with Crippen LogP contribution in [0.15, 0.2) is 0 Å². The van der Waals surface area contributed by atoms with Crippen LogP contribution in [0.2, 0.25) is 0 Å². The number of piperidine rings is 1. The Labute approximate surface area is 109 Å². The molecule has 2 atom stereocenters. The monoisotopic (exact) mass is 259 g/mol. The van der Waals surface area contributed by atoms with Crippen molar-refractivity contribution in [3.05, 3.63) is 0 Å². The third kappa shape index (κ3) is 5.33. The normalized spacial score (nSPS) is 21.9. The van der Waals surface area contributed by atoms with Crippen LogP contribution in [0, 0.1) is 0 Å². The largest absolute Gasteiger partial charge is 0.393 e. The molecule has 0 radical (unpaired) electrons. The number of likely N-dealkylation sites (tertiary alicyclic amines) is 1. The maximum Gasteiger partial charge on any atom is 0.248 e. The molecule has 1 saturated heterocycles. The highest BCUT2D eigenvalue weighted by molar-refractivity contribution is 5.77. The average molecular weight is 259 g/mol. The van der Waals surface area contributed by atoms with E-state index in [1.165, 1.54) is 0 Å². The van der Waals surface area contributed by atoms with E-state index < -0.39 is 0 Å². The first-order valence-electron chi connectivity index (χ1n) is 6.69. The molecular formula is C13H25NO4. The van der Waals surface area contributed by atoms with E-state index in [4.69, 9.17) is 9.47 Å². The van der Waals surface area contributed by atoms with E-state index in [2.05, 4.69) is 0 Å². The van der Waals surface area contributed by atoms with Crippen molar-refractivity contribution in [2.45, 2.75) is 44.8 Å². The predicted octanol–water partition coefficient (Wildman–Crippen LogP) is 0.801. The van der Waals surface area contributed by atoms with Gasteiger partial charge in [0.2, 0.25) is 5.91 Å². The molecule has 0 bridgehead atoms. The van der Waals surface area contributed by atoms with Crippen LogP contribution in [0.5, 0.6) is 0 Å². The van der Waals surface area contributed by atoms with Crippen molar-refractivity contribution in [1.82, 2.24) is 4.90 Å². The van der Waals surface area contributed by atoms with Gasteiger partial charge in [0, 0.05) is 19.7 Å². The summed E-state index contributed by atoms with van der Waals surface area (Å²) < 4.78 is 10.1. The Hall–Kier alpha value is -0.650. The molecule has 1 amide bonds. The number of rotatable bonds is 7. The van der Waals surface area contributed by atoms with Crippen LogP contribution in [0.25, 0.3) is 0 Å². The van der Waals surface area contributed by atoms with Crippen molar-refractivity contribution in [2.75, 3.05) is 33.5 Å². The molecule has 5 heteroatoms. The van der Waals surface area contributed by atoms with E-state index in [-0.39, 0.29) is 24.7 Å². The Kier molecular flexibility index (Phi) is 7.23. The summed E-state index contributed by atoms with van der Waals surface area (Å²) in [5.41, 5.74) is 0. The second-order valence-corrected chi connectivity index (χ2v) is 4.87. The van der Waals surface area contributed by atoms with E-state index in [1.54, 1.807) is 14.0 Å². The minimum Gasteiger partial charge on any atom is -0.393 e. The summed E-state index contributed by atoms with van der Waals surface area (Å²) in [6.45, 7) is 3.61. The molecule has 0 spiro atoms. The van der Waals surface area contributed by atoms with Gasteiger partial charge in [0.15, 0.2) is 0 Å². The highest BCUT2D eigenvalue weighted by Gasteiger charge is 2.27. The third-order valence-corrected chi connectivity index (χ3v) is 3.22. The zero-order chi connectivity index (χ0) is 13.4. The van der Waals surface area contributed by atoms with Gasteiger partial charge in [0.1, 0.15) is 6.61 Å². The number of hydrogen-bond acceptors (Lipinski definition) is 4. The van der Waals surface area contributed by atoms with E-state index in [1.807, 2.05) is 4.90 Å². The zero-order valence-electron chi connectivity index (χ0n) is 11.4. The number of hydrogen-bond donors (Lipinski definition) is 1. The van der Waals surface area contributed by atoms with Crippen molar-refractivity contribution in [1.29, 1.82) is 0 Å². The Morgan fingerprint density at radius 2 is 2.22 bits per heavy atom. The van der Waals surface area contributed by atoms with Crippen LogP contribution in [0.1, 0.15) is 32.6 Å². The van der Waals surface area contributed by atoms with Crippen molar-refractivity contribution >= 4 is 5.91 Å². The van der Waals surface area contributed by atoms with E-state index in [9.17, 15) is 9.90 Å². The Balaban J connectivity index is 2.37. The van der Waals surface area contributed by atoms with Gasteiger partial charge < -0.3 is 19.5 Å². The number of amides is 1. The molecule has 0 saturated carbocycles. The minimum atomic E-state index is -0.363. The van der Waals surface area contributed by atoms with Crippen molar-refractivity contribution in [3.8, 4) is 0 Å². The van der Waals surface area contributed by atoms with Gasteiger partial charge in [-0.25, -0.2) is 0 Å².